The molecule has 0 saturated heterocycles. The number of benzene rings is 2. The Kier molecular flexibility index (Phi) is 6.72. The molecule has 2 amide bonds. The van der Waals surface area contributed by atoms with Crippen LogP contribution in [0.25, 0.3) is 0 Å². The molecule has 0 aliphatic carbocycles. The number of aryl methyl sites for hydroxylation is 1. The Morgan fingerprint density at radius 1 is 1.12 bits per heavy atom. The molecule has 0 unspecified atom stereocenters. The lowest BCUT2D eigenvalue weighted by Crippen LogP contribution is -2.47. The first-order valence-corrected chi connectivity index (χ1v) is 8.41. The molecule has 1 atom stereocenters. The largest absolute Gasteiger partial charge is 0.445 e. The maximum Gasteiger partial charge on any atom is 0.408 e. The lowest BCUT2D eigenvalue weighted by atomic mass is 10.0. The van der Waals surface area contributed by atoms with Crippen LogP contribution in [0, 0.1) is 18.7 Å². The fourth-order valence-electron chi connectivity index (χ4n) is 2.37. The summed E-state index contributed by atoms with van der Waals surface area (Å²) in [6.45, 7) is 5.47. The van der Waals surface area contributed by atoms with Gasteiger partial charge in [0.15, 0.2) is 0 Å². The number of alkyl carbamates (subject to hydrolysis) is 1. The smallest absolute Gasteiger partial charge is 0.408 e. The van der Waals surface area contributed by atoms with E-state index in [0.29, 0.717) is 0 Å². The molecule has 0 heterocycles. The van der Waals surface area contributed by atoms with Gasteiger partial charge in [-0.25, -0.2) is 9.18 Å². The van der Waals surface area contributed by atoms with E-state index >= 15 is 0 Å². The van der Waals surface area contributed by atoms with Crippen molar-refractivity contribution >= 4 is 17.7 Å². The molecule has 26 heavy (non-hydrogen) atoms. The summed E-state index contributed by atoms with van der Waals surface area (Å²) in [5.74, 6) is -1.23. The molecule has 2 aromatic rings. The fraction of sp³-hybridized carbons (Fsp3) is 0.300. The molecule has 2 N–H and O–H groups in total. The molecule has 5 nitrogen and oxygen atoms in total. The number of rotatable bonds is 6. The quantitative estimate of drug-likeness (QED) is 0.819. The minimum Gasteiger partial charge on any atom is -0.445 e. The summed E-state index contributed by atoms with van der Waals surface area (Å²) in [4.78, 5) is 24.5. The predicted molar refractivity (Wildman–Crippen MR) is 98.2 cm³/mol. The molecule has 0 aromatic heterocycles. The van der Waals surface area contributed by atoms with Crippen LogP contribution in [0.3, 0.4) is 0 Å². The molecule has 0 bridgehead atoms. The van der Waals surface area contributed by atoms with Crippen LogP contribution in [0.4, 0.5) is 14.9 Å². The molecule has 0 radical (unpaired) electrons. The number of halogens is 1. The van der Waals surface area contributed by atoms with Gasteiger partial charge in [0.05, 0.1) is 5.69 Å². The molecule has 2 aromatic carbocycles. The van der Waals surface area contributed by atoms with Crippen molar-refractivity contribution in [2.24, 2.45) is 5.92 Å². The van der Waals surface area contributed by atoms with Crippen molar-refractivity contribution in [3.63, 3.8) is 0 Å². The van der Waals surface area contributed by atoms with Crippen molar-refractivity contribution in [3.05, 3.63) is 65.5 Å². The van der Waals surface area contributed by atoms with Crippen LogP contribution in [-0.4, -0.2) is 18.0 Å². The second kappa shape index (κ2) is 8.99. The van der Waals surface area contributed by atoms with Crippen molar-refractivity contribution in [1.82, 2.24) is 5.32 Å². The predicted octanol–water partition coefficient (Wildman–Crippen LogP) is 4.02. The van der Waals surface area contributed by atoms with Gasteiger partial charge in [0.1, 0.15) is 18.5 Å². The van der Waals surface area contributed by atoms with Gasteiger partial charge in [0.25, 0.3) is 0 Å². The van der Waals surface area contributed by atoms with Gasteiger partial charge in [-0.15, -0.1) is 0 Å². The van der Waals surface area contributed by atoms with Gasteiger partial charge in [0, 0.05) is 0 Å². The minimum absolute atomic E-state index is 0.0834. The van der Waals surface area contributed by atoms with Gasteiger partial charge in [-0.2, -0.15) is 0 Å². The highest BCUT2D eigenvalue weighted by molar-refractivity contribution is 5.96. The zero-order valence-corrected chi connectivity index (χ0v) is 15.1. The van der Waals surface area contributed by atoms with E-state index in [1.807, 2.05) is 30.3 Å². The highest BCUT2D eigenvalue weighted by Gasteiger charge is 2.25. The average Bonchev–Trinajstić information content (AvgIpc) is 2.61. The third-order valence-electron chi connectivity index (χ3n) is 3.81. The molecule has 0 aliphatic heterocycles. The Morgan fingerprint density at radius 3 is 2.46 bits per heavy atom. The van der Waals surface area contributed by atoms with E-state index < -0.39 is 23.9 Å². The zero-order chi connectivity index (χ0) is 19.1. The molecule has 0 fully saturated rings. The van der Waals surface area contributed by atoms with E-state index in [2.05, 4.69) is 10.6 Å². The van der Waals surface area contributed by atoms with Crippen molar-refractivity contribution in [3.8, 4) is 0 Å². The molecular formula is C20H23FN2O3. The van der Waals surface area contributed by atoms with Crippen LogP contribution in [0.15, 0.2) is 48.5 Å². The number of carbonyl (C=O) groups is 2. The Labute approximate surface area is 152 Å². The molecule has 0 aliphatic rings. The summed E-state index contributed by atoms with van der Waals surface area (Å²) in [5.41, 5.74) is 1.74. The summed E-state index contributed by atoms with van der Waals surface area (Å²) in [5, 5.41) is 5.07. The van der Waals surface area contributed by atoms with Crippen LogP contribution >= 0.6 is 0 Å². The summed E-state index contributed by atoms with van der Waals surface area (Å²) < 4.78 is 19.0. The molecule has 138 valence electrons. The van der Waals surface area contributed by atoms with E-state index in [9.17, 15) is 14.0 Å². The van der Waals surface area contributed by atoms with E-state index in [1.54, 1.807) is 32.9 Å². The number of nitrogens with one attached hydrogen (secondary N) is 2. The van der Waals surface area contributed by atoms with Crippen molar-refractivity contribution in [2.75, 3.05) is 5.32 Å². The lowest BCUT2D eigenvalue weighted by molar-refractivity contribution is -0.119. The number of hydrogen-bond acceptors (Lipinski definition) is 3. The Hall–Kier alpha value is -2.89. The van der Waals surface area contributed by atoms with Gasteiger partial charge in [-0.05, 0) is 36.1 Å². The Morgan fingerprint density at radius 2 is 1.81 bits per heavy atom. The number of carbonyl (C=O) groups excluding carboxylic acids is 2. The number of ether oxygens (including phenoxy) is 1. The van der Waals surface area contributed by atoms with Crippen LogP contribution in [0.5, 0.6) is 0 Å². The van der Waals surface area contributed by atoms with E-state index in [-0.39, 0.29) is 18.2 Å². The monoisotopic (exact) mass is 358 g/mol. The van der Waals surface area contributed by atoms with Gasteiger partial charge < -0.3 is 15.4 Å². The lowest BCUT2D eigenvalue weighted by Gasteiger charge is -2.21. The van der Waals surface area contributed by atoms with Crippen LogP contribution < -0.4 is 10.6 Å². The Balaban J connectivity index is 1.97. The molecule has 6 heteroatoms. The third-order valence-corrected chi connectivity index (χ3v) is 3.81. The van der Waals surface area contributed by atoms with Gasteiger partial charge in [-0.3, -0.25) is 4.79 Å². The topological polar surface area (TPSA) is 67.4 Å². The second-order valence-electron chi connectivity index (χ2n) is 6.40. The summed E-state index contributed by atoms with van der Waals surface area (Å²) in [6, 6.07) is 12.8. The second-order valence-corrected chi connectivity index (χ2v) is 6.40. The fourth-order valence-corrected chi connectivity index (χ4v) is 2.37. The van der Waals surface area contributed by atoms with Crippen molar-refractivity contribution < 1.29 is 18.7 Å². The number of anilines is 1. The highest BCUT2D eigenvalue weighted by Crippen LogP contribution is 2.17. The summed E-state index contributed by atoms with van der Waals surface area (Å²) in [6.07, 6.45) is -0.701. The molecule has 0 spiro atoms. The molecular weight excluding hydrogens is 335 g/mol. The first-order valence-electron chi connectivity index (χ1n) is 8.41. The number of amides is 2. The van der Waals surface area contributed by atoms with Gasteiger partial charge in [0.2, 0.25) is 5.91 Å². The summed E-state index contributed by atoms with van der Waals surface area (Å²) in [7, 11) is 0. The van der Waals surface area contributed by atoms with Crippen molar-refractivity contribution in [2.45, 2.75) is 33.4 Å². The first-order chi connectivity index (χ1) is 12.4. The van der Waals surface area contributed by atoms with E-state index in [0.717, 1.165) is 11.1 Å². The molecule has 2 rings (SSSR count). The third kappa shape index (κ3) is 5.58. The first kappa shape index (κ1) is 19.4. The maximum atomic E-state index is 13.8. The van der Waals surface area contributed by atoms with Gasteiger partial charge >= 0.3 is 6.09 Å². The number of hydrogen-bond donors (Lipinski definition) is 2. The normalized spacial score (nSPS) is 11.7. The summed E-state index contributed by atoms with van der Waals surface area (Å²) >= 11 is 0. The average molecular weight is 358 g/mol. The minimum atomic E-state index is -0.849. The highest BCUT2D eigenvalue weighted by atomic mass is 19.1. The standard InChI is InChI=1S/C20H23FN2O3/c1-13(2)18(19(24)22-17-11-14(3)9-10-16(17)21)23-20(25)26-12-15-7-5-4-6-8-15/h4-11,13,18H,12H2,1-3H3,(H,22,24)(H,23,25)/t18-/m0/s1. The van der Waals surface area contributed by atoms with Crippen LogP contribution in [0.2, 0.25) is 0 Å². The van der Waals surface area contributed by atoms with Crippen molar-refractivity contribution in [1.29, 1.82) is 0 Å². The maximum absolute atomic E-state index is 13.8. The van der Waals surface area contributed by atoms with Crippen LogP contribution in [-0.2, 0) is 16.1 Å². The molecule has 0 saturated carbocycles. The zero-order valence-electron chi connectivity index (χ0n) is 15.1. The SMILES string of the molecule is Cc1ccc(F)c(NC(=O)[C@@H](NC(=O)OCc2ccccc2)C(C)C)c1. The van der Waals surface area contributed by atoms with E-state index in [4.69, 9.17) is 4.74 Å². The Bertz CT molecular complexity index is 763. The van der Waals surface area contributed by atoms with E-state index in [1.165, 1.54) is 6.07 Å². The van der Waals surface area contributed by atoms with Crippen LogP contribution in [0.1, 0.15) is 25.0 Å². The van der Waals surface area contributed by atoms with Gasteiger partial charge in [-0.1, -0.05) is 50.2 Å².